The molecule has 0 saturated heterocycles. The standard InChI is InChI=1S/C79H150NO8P/c1-3-5-7-9-11-13-15-17-19-21-23-25-27-29-31-33-35-36-37-38-39-40-42-43-45-47-49-51-53-55-57-59-61-63-65-67-69-71-78(81)85-75-77(76-87-89(83,84)86-74-73-80)88-79(82)72-70-68-66-64-62-60-58-56-54-52-50-48-46-44-41-34-32-30-28-26-24-22-20-18-16-14-12-10-8-6-4-2/h16,18,21-24,28,30,77H,3-15,17,19-20,25-27,29,31-76,80H2,1-2H3,(H,83,84)/b18-16-,23-21-,24-22-,30-28-. The highest BCUT2D eigenvalue weighted by molar-refractivity contribution is 7.47. The number of rotatable bonds is 75. The maximum absolute atomic E-state index is 12.8. The number of hydrogen-bond donors (Lipinski definition) is 2. The zero-order valence-corrected chi connectivity index (χ0v) is 60.1. The molecule has 0 aliphatic carbocycles. The van der Waals surface area contributed by atoms with Gasteiger partial charge in [-0.3, -0.25) is 18.6 Å². The van der Waals surface area contributed by atoms with Crippen LogP contribution in [0.1, 0.15) is 412 Å². The molecule has 0 fully saturated rings. The molecule has 0 aromatic carbocycles. The SMILES string of the molecule is CCCCCCC/C=C\C/C=C\C/C=C\CCCCCCCCCCCCCCCCCCC(=O)OC(COC(=O)CCCCCCCCCCCCCCCCCCCCCCCCCCC/C=C\CCCCCCCCCC)COP(=O)(O)OCCN. The molecule has 89 heavy (non-hydrogen) atoms. The van der Waals surface area contributed by atoms with E-state index in [9.17, 15) is 19.0 Å². The summed E-state index contributed by atoms with van der Waals surface area (Å²) in [7, 11) is -4.39. The molecule has 0 aromatic heterocycles. The van der Waals surface area contributed by atoms with Crippen molar-refractivity contribution in [1.29, 1.82) is 0 Å². The van der Waals surface area contributed by atoms with Crippen LogP contribution in [-0.2, 0) is 32.7 Å². The number of nitrogens with two attached hydrogens (primary N) is 1. The Hall–Kier alpha value is -2.03. The summed E-state index contributed by atoms with van der Waals surface area (Å²) in [6.45, 7) is 3.81. The van der Waals surface area contributed by atoms with Crippen LogP contribution >= 0.6 is 7.82 Å². The molecule has 0 aliphatic rings. The lowest BCUT2D eigenvalue weighted by Crippen LogP contribution is -2.29. The van der Waals surface area contributed by atoms with Crippen molar-refractivity contribution in [3.63, 3.8) is 0 Å². The summed E-state index contributed by atoms with van der Waals surface area (Å²) in [6, 6.07) is 0. The van der Waals surface area contributed by atoms with Crippen LogP contribution in [0.4, 0.5) is 0 Å². The zero-order chi connectivity index (χ0) is 64.4. The van der Waals surface area contributed by atoms with Gasteiger partial charge in [0.2, 0.25) is 0 Å². The minimum absolute atomic E-state index is 0.0552. The fraction of sp³-hybridized carbons (Fsp3) is 0.873. The van der Waals surface area contributed by atoms with E-state index in [1.54, 1.807) is 0 Å². The topological polar surface area (TPSA) is 134 Å². The number of carbonyl (C=O) groups is 2. The highest BCUT2D eigenvalue weighted by atomic mass is 31.2. The molecule has 0 heterocycles. The van der Waals surface area contributed by atoms with Gasteiger partial charge in [-0.05, 0) is 77.0 Å². The fourth-order valence-corrected chi connectivity index (χ4v) is 12.6. The van der Waals surface area contributed by atoms with E-state index in [0.29, 0.717) is 6.42 Å². The number of esters is 2. The predicted molar refractivity (Wildman–Crippen MR) is 386 cm³/mol. The second-order valence-corrected chi connectivity index (χ2v) is 28.0. The van der Waals surface area contributed by atoms with Crippen molar-refractivity contribution in [2.24, 2.45) is 5.73 Å². The van der Waals surface area contributed by atoms with Gasteiger partial charge in [-0.25, -0.2) is 4.57 Å². The van der Waals surface area contributed by atoms with Gasteiger partial charge < -0.3 is 20.1 Å². The van der Waals surface area contributed by atoms with E-state index < -0.39 is 26.5 Å². The molecule has 3 N–H and O–H groups in total. The van der Waals surface area contributed by atoms with Gasteiger partial charge >= 0.3 is 19.8 Å². The first-order valence-electron chi connectivity index (χ1n) is 39.1. The van der Waals surface area contributed by atoms with Gasteiger partial charge in [0.25, 0.3) is 0 Å². The fourth-order valence-electron chi connectivity index (χ4n) is 11.9. The van der Waals surface area contributed by atoms with E-state index in [-0.39, 0.29) is 38.6 Å². The smallest absolute Gasteiger partial charge is 0.462 e. The highest BCUT2D eigenvalue weighted by Crippen LogP contribution is 2.43. The van der Waals surface area contributed by atoms with Crippen LogP contribution in [0.25, 0.3) is 0 Å². The van der Waals surface area contributed by atoms with Gasteiger partial charge in [0.1, 0.15) is 6.61 Å². The number of phosphoric acid groups is 1. The summed E-state index contributed by atoms with van der Waals surface area (Å²) in [6.07, 6.45) is 96.8. The van der Waals surface area contributed by atoms with Gasteiger partial charge in [0.15, 0.2) is 6.10 Å². The largest absolute Gasteiger partial charge is 0.472 e. The number of carbonyl (C=O) groups excluding carboxylic acids is 2. The molecule has 10 heteroatoms. The van der Waals surface area contributed by atoms with Crippen molar-refractivity contribution in [2.75, 3.05) is 26.4 Å². The zero-order valence-electron chi connectivity index (χ0n) is 59.2. The lowest BCUT2D eigenvalue weighted by Gasteiger charge is -2.19. The van der Waals surface area contributed by atoms with E-state index >= 15 is 0 Å². The summed E-state index contributed by atoms with van der Waals surface area (Å²) in [5.41, 5.74) is 5.41. The Morgan fingerprint density at radius 2 is 0.584 bits per heavy atom. The number of unbranched alkanes of at least 4 members (excludes halogenated alkanes) is 54. The van der Waals surface area contributed by atoms with E-state index in [0.717, 1.165) is 44.9 Å². The third kappa shape index (κ3) is 74.9. The molecule has 2 atom stereocenters. The monoisotopic (exact) mass is 1270 g/mol. The van der Waals surface area contributed by atoms with E-state index in [1.165, 1.54) is 334 Å². The van der Waals surface area contributed by atoms with Gasteiger partial charge in [-0.15, -0.1) is 0 Å². The van der Waals surface area contributed by atoms with E-state index in [4.69, 9.17) is 24.3 Å². The predicted octanol–water partition coefficient (Wildman–Crippen LogP) is 26.0. The number of hydrogen-bond acceptors (Lipinski definition) is 8. The first-order chi connectivity index (χ1) is 43.8. The first-order valence-corrected chi connectivity index (χ1v) is 40.6. The lowest BCUT2D eigenvalue weighted by molar-refractivity contribution is -0.161. The third-order valence-corrected chi connectivity index (χ3v) is 18.7. The molecule has 0 aromatic rings. The molecule has 0 rings (SSSR count). The van der Waals surface area contributed by atoms with Gasteiger partial charge in [-0.2, -0.15) is 0 Å². The van der Waals surface area contributed by atoms with Crippen LogP contribution < -0.4 is 5.73 Å². The minimum Gasteiger partial charge on any atom is -0.462 e. The summed E-state index contributed by atoms with van der Waals surface area (Å²) in [5.74, 6) is -0.805. The minimum atomic E-state index is -4.39. The quantitative estimate of drug-likeness (QED) is 0.0264. The molecular weight excluding hydrogens is 1120 g/mol. The lowest BCUT2D eigenvalue weighted by atomic mass is 10.0. The van der Waals surface area contributed by atoms with Gasteiger partial charge in [0, 0.05) is 19.4 Å². The maximum atomic E-state index is 12.8. The van der Waals surface area contributed by atoms with Crippen LogP contribution in [0.3, 0.4) is 0 Å². The highest BCUT2D eigenvalue weighted by Gasteiger charge is 2.26. The summed E-state index contributed by atoms with van der Waals surface area (Å²) in [4.78, 5) is 35.4. The van der Waals surface area contributed by atoms with E-state index in [1.807, 2.05) is 0 Å². The van der Waals surface area contributed by atoms with Crippen LogP contribution in [0.5, 0.6) is 0 Å². The van der Waals surface area contributed by atoms with Crippen molar-refractivity contribution in [3.8, 4) is 0 Å². The Bertz CT molecular complexity index is 1600. The first kappa shape index (κ1) is 87.0. The molecule has 0 radical (unpaired) electrons. The Balaban J connectivity index is 3.77. The second kappa shape index (κ2) is 75.0. The molecular formula is C79H150NO8P. The van der Waals surface area contributed by atoms with Crippen molar-refractivity contribution >= 4 is 19.8 Å². The molecule has 0 spiro atoms. The molecule has 0 bridgehead atoms. The molecule has 0 aliphatic heterocycles. The van der Waals surface area contributed by atoms with Crippen LogP contribution in [0.2, 0.25) is 0 Å². The van der Waals surface area contributed by atoms with Crippen LogP contribution in [0, 0.1) is 0 Å². The average molecular weight is 1270 g/mol. The van der Waals surface area contributed by atoms with Crippen molar-refractivity contribution in [2.45, 2.75) is 418 Å². The Labute approximate surface area is 553 Å². The number of phosphoric ester groups is 1. The average Bonchev–Trinajstić information content (AvgIpc) is 3.68. The van der Waals surface area contributed by atoms with Gasteiger partial charge in [-0.1, -0.05) is 371 Å². The Morgan fingerprint density at radius 1 is 0.337 bits per heavy atom. The summed E-state index contributed by atoms with van der Waals surface area (Å²) >= 11 is 0. The van der Waals surface area contributed by atoms with Crippen molar-refractivity contribution in [1.82, 2.24) is 0 Å². The number of allylic oxidation sites excluding steroid dienone is 8. The second-order valence-electron chi connectivity index (χ2n) is 26.6. The van der Waals surface area contributed by atoms with Gasteiger partial charge in [0.05, 0.1) is 13.2 Å². The van der Waals surface area contributed by atoms with Crippen molar-refractivity contribution < 1.29 is 37.6 Å². The van der Waals surface area contributed by atoms with E-state index in [2.05, 4.69) is 62.5 Å². The molecule has 524 valence electrons. The molecule has 0 amide bonds. The normalized spacial score (nSPS) is 13.1. The number of ether oxygens (including phenoxy) is 2. The summed E-state index contributed by atoms with van der Waals surface area (Å²) < 4.78 is 33.3. The molecule has 0 saturated carbocycles. The Morgan fingerprint density at radius 3 is 0.876 bits per heavy atom. The van der Waals surface area contributed by atoms with Crippen LogP contribution in [0.15, 0.2) is 48.6 Å². The Kier molecular flexibility index (Phi) is 73.3. The molecule has 9 nitrogen and oxygen atoms in total. The molecule has 2 unspecified atom stereocenters. The maximum Gasteiger partial charge on any atom is 0.472 e. The van der Waals surface area contributed by atoms with Crippen molar-refractivity contribution in [3.05, 3.63) is 48.6 Å². The van der Waals surface area contributed by atoms with Crippen LogP contribution in [-0.4, -0.2) is 49.3 Å². The summed E-state index contributed by atoms with van der Waals surface area (Å²) in [5, 5.41) is 0. The third-order valence-electron chi connectivity index (χ3n) is 17.7.